The molecular weight excluding hydrogens is 248 g/mol. The molecule has 6 nitrogen and oxygen atoms in total. The standard InChI is InChI=1S/C7H11ClO3.H2O3S/c8-5-3-1-2-4-6(9)7(10)11;1-4(2)3/h1-5H2,(H,10,11);(H2,1,2,3). The van der Waals surface area contributed by atoms with Crippen molar-refractivity contribution in [3.63, 3.8) is 0 Å². The zero-order chi connectivity index (χ0) is 12.3. The Bertz CT molecular complexity index is 216. The third-order valence-corrected chi connectivity index (χ3v) is 1.54. The second kappa shape index (κ2) is 11.6. The Morgan fingerprint density at radius 3 is 1.93 bits per heavy atom. The van der Waals surface area contributed by atoms with E-state index in [4.69, 9.17) is 30.0 Å². The smallest absolute Gasteiger partial charge is 0.372 e. The molecule has 0 aromatic carbocycles. The molecular formula is C7H13ClO6S. The first kappa shape index (κ1) is 16.9. The molecule has 0 rings (SSSR count). The highest BCUT2D eigenvalue weighted by Crippen LogP contribution is 2.01. The maximum absolute atomic E-state index is 10.5. The van der Waals surface area contributed by atoms with Gasteiger partial charge in [-0.1, -0.05) is 6.42 Å². The summed E-state index contributed by atoms with van der Waals surface area (Å²) in [7, 11) is 0. The van der Waals surface area contributed by atoms with E-state index < -0.39 is 23.1 Å². The first-order valence-electron chi connectivity index (χ1n) is 4.03. The molecule has 0 saturated carbocycles. The number of Topliss-reactive ketones (excluding diaryl/α,β-unsaturated/α-hetero) is 1. The predicted octanol–water partition coefficient (Wildman–Crippen LogP) is 1.12. The molecule has 0 aliphatic rings. The number of carbonyl (C=O) groups is 2. The molecule has 0 fully saturated rings. The van der Waals surface area contributed by atoms with Crippen molar-refractivity contribution < 1.29 is 28.0 Å². The van der Waals surface area contributed by atoms with Crippen LogP contribution in [-0.2, 0) is 21.0 Å². The molecule has 15 heavy (non-hydrogen) atoms. The number of ketones is 1. The lowest BCUT2D eigenvalue weighted by Crippen LogP contribution is -2.11. The number of hydrogen-bond donors (Lipinski definition) is 3. The highest BCUT2D eigenvalue weighted by atomic mass is 35.5. The minimum absolute atomic E-state index is 0.131. The number of carboxylic acid groups (broad SMARTS) is 1. The van der Waals surface area contributed by atoms with Gasteiger partial charge in [0, 0.05) is 12.3 Å². The van der Waals surface area contributed by atoms with Crippen LogP contribution in [0.15, 0.2) is 0 Å². The monoisotopic (exact) mass is 260 g/mol. The van der Waals surface area contributed by atoms with Crippen LogP contribution < -0.4 is 0 Å². The summed E-state index contributed by atoms with van der Waals surface area (Å²) in [4.78, 5) is 20.5. The Labute approximate surface area is 94.7 Å². The predicted molar refractivity (Wildman–Crippen MR) is 55.2 cm³/mol. The highest BCUT2D eigenvalue weighted by molar-refractivity contribution is 7.73. The fourth-order valence-electron chi connectivity index (χ4n) is 0.664. The molecule has 8 heteroatoms. The van der Waals surface area contributed by atoms with Crippen LogP contribution in [-0.4, -0.2) is 36.1 Å². The van der Waals surface area contributed by atoms with E-state index in [-0.39, 0.29) is 6.42 Å². The van der Waals surface area contributed by atoms with Crippen molar-refractivity contribution in [2.24, 2.45) is 0 Å². The van der Waals surface area contributed by atoms with Gasteiger partial charge in [-0.2, -0.15) is 4.21 Å². The third kappa shape index (κ3) is 19.8. The summed E-state index contributed by atoms with van der Waals surface area (Å²) in [5.41, 5.74) is 0. The first-order chi connectivity index (χ1) is 6.91. The summed E-state index contributed by atoms with van der Waals surface area (Å²) in [5, 5.41) is 8.16. The quantitative estimate of drug-likeness (QED) is 0.286. The van der Waals surface area contributed by atoms with Gasteiger partial charge in [-0.3, -0.25) is 13.9 Å². The fourth-order valence-corrected chi connectivity index (χ4v) is 0.853. The second-order valence-electron chi connectivity index (χ2n) is 2.46. The van der Waals surface area contributed by atoms with Crippen LogP contribution in [0, 0.1) is 0 Å². The normalized spacial score (nSPS) is 9.33. The Hall–Kier alpha value is -0.500. The van der Waals surface area contributed by atoms with Crippen molar-refractivity contribution in [1.29, 1.82) is 0 Å². The van der Waals surface area contributed by atoms with Crippen molar-refractivity contribution in [2.75, 3.05) is 5.88 Å². The number of alkyl halides is 1. The van der Waals surface area contributed by atoms with Gasteiger partial charge in [0.05, 0.1) is 0 Å². The van der Waals surface area contributed by atoms with E-state index in [0.717, 1.165) is 12.8 Å². The highest BCUT2D eigenvalue weighted by Gasteiger charge is 2.09. The molecule has 0 unspecified atom stereocenters. The van der Waals surface area contributed by atoms with E-state index in [2.05, 4.69) is 0 Å². The molecule has 0 aromatic heterocycles. The van der Waals surface area contributed by atoms with Crippen LogP contribution in [0.1, 0.15) is 25.7 Å². The van der Waals surface area contributed by atoms with E-state index in [0.29, 0.717) is 12.3 Å². The summed E-state index contributed by atoms with van der Waals surface area (Å²) in [6, 6.07) is 0. The van der Waals surface area contributed by atoms with Crippen LogP contribution in [0.25, 0.3) is 0 Å². The molecule has 0 radical (unpaired) electrons. The Morgan fingerprint density at radius 2 is 1.60 bits per heavy atom. The summed E-state index contributed by atoms with van der Waals surface area (Å²) < 4.78 is 22.8. The van der Waals surface area contributed by atoms with Crippen LogP contribution in [0.4, 0.5) is 0 Å². The summed E-state index contributed by atoms with van der Waals surface area (Å²) in [6.07, 6.45) is 2.42. The van der Waals surface area contributed by atoms with Crippen molar-refractivity contribution in [3.05, 3.63) is 0 Å². The van der Waals surface area contributed by atoms with Gasteiger partial charge in [0.1, 0.15) is 0 Å². The lowest BCUT2D eigenvalue weighted by atomic mass is 10.1. The number of unbranched alkanes of at least 4 members (excludes halogenated alkanes) is 2. The number of halogens is 1. The minimum atomic E-state index is -2.61. The molecule has 0 heterocycles. The molecule has 0 saturated heterocycles. The molecule has 3 N–H and O–H groups in total. The molecule has 0 amide bonds. The Morgan fingerprint density at radius 1 is 1.13 bits per heavy atom. The molecule has 0 aliphatic carbocycles. The Balaban J connectivity index is 0. The molecule has 0 atom stereocenters. The van der Waals surface area contributed by atoms with Gasteiger partial charge in [-0.15, -0.1) is 11.6 Å². The largest absolute Gasteiger partial charge is 0.476 e. The summed E-state index contributed by atoms with van der Waals surface area (Å²) in [6.45, 7) is 0. The van der Waals surface area contributed by atoms with Crippen LogP contribution in [0.3, 0.4) is 0 Å². The van der Waals surface area contributed by atoms with Gasteiger partial charge in [0.25, 0.3) is 11.4 Å². The van der Waals surface area contributed by atoms with E-state index >= 15 is 0 Å². The molecule has 0 spiro atoms. The van der Waals surface area contributed by atoms with Gasteiger partial charge < -0.3 is 5.11 Å². The van der Waals surface area contributed by atoms with Gasteiger partial charge in [0.2, 0.25) is 5.78 Å². The third-order valence-electron chi connectivity index (χ3n) is 1.28. The number of hydrogen-bond acceptors (Lipinski definition) is 3. The minimum Gasteiger partial charge on any atom is -0.476 e. The first-order valence-corrected chi connectivity index (χ1v) is 5.63. The topological polar surface area (TPSA) is 112 Å². The lowest BCUT2D eigenvalue weighted by Gasteiger charge is -1.94. The fraction of sp³-hybridized carbons (Fsp3) is 0.714. The van der Waals surface area contributed by atoms with E-state index in [9.17, 15) is 9.59 Å². The zero-order valence-electron chi connectivity index (χ0n) is 7.89. The average Bonchev–Trinajstić information content (AvgIpc) is 2.11. The molecule has 0 aliphatic heterocycles. The lowest BCUT2D eigenvalue weighted by molar-refractivity contribution is -0.149. The maximum Gasteiger partial charge on any atom is 0.372 e. The van der Waals surface area contributed by atoms with E-state index in [1.54, 1.807) is 0 Å². The average molecular weight is 261 g/mol. The van der Waals surface area contributed by atoms with Crippen LogP contribution in [0.2, 0.25) is 0 Å². The molecule has 0 bridgehead atoms. The summed E-state index contributed by atoms with van der Waals surface area (Å²) in [5.74, 6) is -1.48. The van der Waals surface area contributed by atoms with Crippen molar-refractivity contribution in [3.8, 4) is 0 Å². The van der Waals surface area contributed by atoms with Crippen LogP contribution in [0.5, 0.6) is 0 Å². The van der Waals surface area contributed by atoms with Crippen molar-refractivity contribution >= 4 is 34.7 Å². The van der Waals surface area contributed by atoms with Gasteiger partial charge in [0.15, 0.2) is 0 Å². The van der Waals surface area contributed by atoms with Gasteiger partial charge in [-0.25, -0.2) is 4.79 Å². The SMILES string of the molecule is O=C(O)C(=O)CCCCCCl.O=S(O)O. The van der Waals surface area contributed by atoms with E-state index in [1.165, 1.54) is 0 Å². The number of rotatable bonds is 6. The van der Waals surface area contributed by atoms with E-state index in [1.807, 2.05) is 0 Å². The number of aliphatic carboxylic acids is 1. The van der Waals surface area contributed by atoms with Crippen molar-refractivity contribution in [1.82, 2.24) is 0 Å². The second-order valence-corrected chi connectivity index (χ2v) is 3.30. The van der Waals surface area contributed by atoms with Gasteiger partial charge >= 0.3 is 5.97 Å². The number of carboxylic acids is 1. The van der Waals surface area contributed by atoms with Gasteiger partial charge in [-0.05, 0) is 12.8 Å². The summed E-state index contributed by atoms with van der Waals surface area (Å²) >= 11 is 2.77. The molecule has 0 aromatic rings. The molecule has 90 valence electrons. The zero-order valence-corrected chi connectivity index (χ0v) is 9.46. The maximum atomic E-state index is 10.5. The van der Waals surface area contributed by atoms with Crippen LogP contribution >= 0.6 is 11.6 Å². The number of carbonyl (C=O) groups excluding carboxylic acids is 1. The Kier molecular flexibility index (Phi) is 13.1. The van der Waals surface area contributed by atoms with Crippen molar-refractivity contribution in [2.45, 2.75) is 25.7 Å².